The molecule has 0 N–H and O–H groups in total. The number of nitro benzene ring substituents is 1. The summed E-state index contributed by atoms with van der Waals surface area (Å²) in [6.07, 6.45) is 0. The molecule has 0 aliphatic rings. The molecular formula is C19H18BrN3O2. The summed E-state index contributed by atoms with van der Waals surface area (Å²) in [6, 6.07) is 10.8. The molecule has 0 saturated carbocycles. The van der Waals surface area contributed by atoms with Crippen LogP contribution >= 0.6 is 15.9 Å². The molecule has 0 radical (unpaired) electrons. The third kappa shape index (κ3) is 3.09. The maximum atomic E-state index is 11.1. The lowest BCUT2D eigenvalue weighted by Crippen LogP contribution is -2.01. The van der Waals surface area contributed by atoms with Crippen LogP contribution in [-0.2, 0) is 0 Å². The SMILES string of the molecule is Cc1cc(Br)c(-n2nc(C)c(-c3cccc([N+](=O)[O-])c3)c2C)cc1C. The van der Waals surface area contributed by atoms with Crippen molar-refractivity contribution in [3.63, 3.8) is 0 Å². The van der Waals surface area contributed by atoms with E-state index in [4.69, 9.17) is 0 Å². The summed E-state index contributed by atoms with van der Waals surface area (Å²) >= 11 is 3.62. The van der Waals surface area contributed by atoms with Gasteiger partial charge in [-0.05, 0) is 72.4 Å². The van der Waals surface area contributed by atoms with Crippen molar-refractivity contribution in [1.29, 1.82) is 0 Å². The second-order valence-electron chi connectivity index (χ2n) is 6.15. The summed E-state index contributed by atoms with van der Waals surface area (Å²) in [5, 5.41) is 15.8. The average Bonchev–Trinajstić information content (AvgIpc) is 2.85. The minimum Gasteiger partial charge on any atom is -0.258 e. The highest BCUT2D eigenvalue weighted by Gasteiger charge is 2.18. The van der Waals surface area contributed by atoms with E-state index in [0.717, 1.165) is 32.7 Å². The van der Waals surface area contributed by atoms with Crippen LogP contribution in [0, 0.1) is 37.8 Å². The topological polar surface area (TPSA) is 61.0 Å². The molecule has 25 heavy (non-hydrogen) atoms. The van der Waals surface area contributed by atoms with Gasteiger partial charge in [0, 0.05) is 27.9 Å². The van der Waals surface area contributed by atoms with Gasteiger partial charge in [0.05, 0.1) is 16.3 Å². The van der Waals surface area contributed by atoms with E-state index >= 15 is 0 Å². The number of hydrogen-bond donors (Lipinski definition) is 0. The van der Waals surface area contributed by atoms with E-state index in [1.54, 1.807) is 12.1 Å². The van der Waals surface area contributed by atoms with Gasteiger partial charge < -0.3 is 0 Å². The molecule has 5 nitrogen and oxygen atoms in total. The zero-order valence-corrected chi connectivity index (χ0v) is 16.1. The normalized spacial score (nSPS) is 10.9. The highest BCUT2D eigenvalue weighted by Crippen LogP contribution is 2.33. The molecule has 0 atom stereocenters. The van der Waals surface area contributed by atoms with Gasteiger partial charge in [-0.25, -0.2) is 4.68 Å². The van der Waals surface area contributed by atoms with Crippen molar-refractivity contribution in [2.24, 2.45) is 0 Å². The molecule has 0 aliphatic heterocycles. The summed E-state index contributed by atoms with van der Waals surface area (Å²) in [6.45, 7) is 8.04. The number of nitro groups is 1. The summed E-state index contributed by atoms with van der Waals surface area (Å²) in [5.74, 6) is 0. The maximum Gasteiger partial charge on any atom is 0.270 e. The van der Waals surface area contributed by atoms with Crippen LogP contribution in [0.15, 0.2) is 40.9 Å². The van der Waals surface area contributed by atoms with Gasteiger partial charge in [-0.2, -0.15) is 5.10 Å². The fourth-order valence-electron chi connectivity index (χ4n) is 3.00. The summed E-state index contributed by atoms with van der Waals surface area (Å²) in [7, 11) is 0. The van der Waals surface area contributed by atoms with Crippen molar-refractivity contribution in [1.82, 2.24) is 9.78 Å². The van der Waals surface area contributed by atoms with Gasteiger partial charge in [0.25, 0.3) is 5.69 Å². The standard InChI is InChI=1S/C19H18BrN3O2/c1-11-8-17(20)18(9-12(11)2)22-14(4)19(13(3)21-22)15-6-5-7-16(10-15)23(24)25/h5-10H,1-4H3. The van der Waals surface area contributed by atoms with E-state index < -0.39 is 0 Å². The van der Waals surface area contributed by atoms with Crippen LogP contribution in [0.1, 0.15) is 22.5 Å². The van der Waals surface area contributed by atoms with Gasteiger partial charge >= 0.3 is 0 Å². The van der Waals surface area contributed by atoms with E-state index in [1.165, 1.54) is 17.2 Å². The minimum absolute atomic E-state index is 0.0800. The van der Waals surface area contributed by atoms with Crippen LogP contribution in [0.5, 0.6) is 0 Å². The molecule has 3 aromatic rings. The zero-order chi connectivity index (χ0) is 18.3. The van der Waals surface area contributed by atoms with Crippen molar-refractivity contribution in [2.75, 3.05) is 0 Å². The Bertz CT molecular complexity index is 993. The third-order valence-corrected chi connectivity index (χ3v) is 5.06. The molecule has 0 saturated heterocycles. The first-order valence-electron chi connectivity index (χ1n) is 7.87. The van der Waals surface area contributed by atoms with Gasteiger partial charge in [0.1, 0.15) is 0 Å². The Kier molecular flexibility index (Phi) is 4.47. The van der Waals surface area contributed by atoms with Crippen LogP contribution in [0.3, 0.4) is 0 Å². The number of rotatable bonds is 3. The molecule has 3 rings (SSSR count). The second kappa shape index (κ2) is 6.44. The predicted molar refractivity (Wildman–Crippen MR) is 102 cm³/mol. The molecule has 0 amide bonds. The lowest BCUT2D eigenvalue weighted by atomic mass is 10.0. The summed E-state index contributed by atoms with van der Waals surface area (Å²) in [5.41, 5.74) is 6.94. The van der Waals surface area contributed by atoms with Gasteiger partial charge in [-0.15, -0.1) is 0 Å². The Morgan fingerprint density at radius 2 is 1.76 bits per heavy atom. The van der Waals surface area contributed by atoms with Crippen molar-refractivity contribution in [3.05, 3.63) is 73.5 Å². The number of benzene rings is 2. The van der Waals surface area contributed by atoms with E-state index in [-0.39, 0.29) is 10.6 Å². The van der Waals surface area contributed by atoms with Crippen molar-refractivity contribution in [2.45, 2.75) is 27.7 Å². The average molecular weight is 400 g/mol. The predicted octanol–water partition coefficient (Wildman–Crippen LogP) is 5.44. The molecule has 128 valence electrons. The van der Waals surface area contributed by atoms with Crippen LogP contribution in [0.2, 0.25) is 0 Å². The fraction of sp³-hybridized carbons (Fsp3) is 0.211. The molecular weight excluding hydrogens is 382 g/mol. The summed E-state index contributed by atoms with van der Waals surface area (Å²) < 4.78 is 2.85. The highest BCUT2D eigenvalue weighted by atomic mass is 79.9. The number of nitrogens with zero attached hydrogens (tertiary/aromatic N) is 3. The lowest BCUT2D eigenvalue weighted by molar-refractivity contribution is -0.384. The quantitative estimate of drug-likeness (QED) is 0.434. The first kappa shape index (κ1) is 17.4. The molecule has 1 heterocycles. The molecule has 0 spiro atoms. The number of hydrogen-bond acceptors (Lipinski definition) is 3. The van der Waals surface area contributed by atoms with Crippen molar-refractivity contribution >= 4 is 21.6 Å². The first-order valence-corrected chi connectivity index (χ1v) is 8.67. The van der Waals surface area contributed by atoms with E-state index in [1.807, 2.05) is 24.6 Å². The highest BCUT2D eigenvalue weighted by molar-refractivity contribution is 9.10. The number of aryl methyl sites for hydroxylation is 3. The van der Waals surface area contributed by atoms with Gasteiger partial charge in [-0.1, -0.05) is 12.1 Å². The Morgan fingerprint density at radius 3 is 2.44 bits per heavy atom. The second-order valence-corrected chi connectivity index (χ2v) is 7.01. The largest absolute Gasteiger partial charge is 0.270 e. The minimum atomic E-state index is -0.376. The zero-order valence-electron chi connectivity index (χ0n) is 14.5. The van der Waals surface area contributed by atoms with E-state index in [0.29, 0.717) is 0 Å². The van der Waals surface area contributed by atoms with Crippen LogP contribution in [-0.4, -0.2) is 14.7 Å². The van der Waals surface area contributed by atoms with Crippen LogP contribution in [0.25, 0.3) is 16.8 Å². The molecule has 0 aliphatic carbocycles. The summed E-state index contributed by atoms with van der Waals surface area (Å²) in [4.78, 5) is 10.7. The Labute approximate surface area is 154 Å². The number of halogens is 1. The smallest absolute Gasteiger partial charge is 0.258 e. The molecule has 6 heteroatoms. The van der Waals surface area contributed by atoms with Crippen LogP contribution < -0.4 is 0 Å². The van der Waals surface area contributed by atoms with Gasteiger partial charge in [0.15, 0.2) is 0 Å². The van der Waals surface area contributed by atoms with Gasteiger partial charge in [-0.3, -0.25) is 10.1 Å². The molecule has 0 bridgehead atoms. The number of aromatic nitrogens is 2. The number of non-ortho nitro benzene ring substituents is 1. The monoisotopic (exact) mass is 399 g/mol. The van der Waals surface area contributed by atoms with Crippen LogP contribution in [0.4, 0.5) is 5.69 Å². The maximum absolute atomic E-state index is 11.1. The molecule has 0 fully saturated rings. The van der Waals surface area contributed by atoms with Gasteiger partial charge in [0.2, 0.25) is 0 Å². The third-order valence-electron chi connectivity index (χ3n) is 4.43. The molecule has 1 aromatic heterocycles. The Hall–Kier alpha value is -2.47. The van der Waals surface area contributed by atoms with E-state index in [9.17, 15) is 10.1 Å². The lowest BCUT2D eigenvalue weighted by Gasteiger charge is -2.11. The Morgan fingerprint density at radius 1 is 1.08 bits per heavy atom. The van der Waals surface area contributed by atoms with Crippen molar-refractivity contribution in [3.8, 4) is 16.8 Å². The van der Waals surface area contributed by atoms with E-state index in [2.05, 4.69) is 47.0 Å². The molecule has 0 unspecified atom stereocenters. The first-order chi connectivity index (χ1) is 11.8. The van der Waals surface area contributed by atoms with Crippen molar-refractivity contribution < 1.29 is 4.92 Å². The molecule has 2 aromatic carbocycles. The fourth-order valence-corrected chi connectivity index (χ4v) is 3.62. The Balaban J connectivity index is 2.19.